The molecule has 0 spiro atoms. The molecule has 3 rings (SSSR count). The fourth-order valence-corrected chi connectivity index (χ4v) is 3.19. The second-order valence-electron chi connectivity index (χ2n) is 6.10. The van der Waals surface area contributed by atoms with E-state index in [1.165, 1.54) is 7.11 Å². The van der Waals surface area contributed by atoms with E-state index < -0.39 is 0 Å². The molecule has 2 heterocycles. The summed E-state index contributed by atoms with van der Waals surface area (Å²) >= 11 is 0. The van der Waals surface area contributed by atoms with Gasteiger partial charge in [0.2, 0.25) is 0 Å². The van der Waals surface area contributed by atoms with Crippen LogP contribution in [0.3, 0.4) is 0 Å². The van der Waals surface area contributed by atoms with Crippen LogP contribution in [-0.4, -0.2) is 43.9 Å². The van der Waals surface area contributed by atoms with Crippen molar-refractivity contribution in [3.8, 4) is 11.1 Å². The standard InChI is InChI=1S/C19H22N2O4/c1-13-16(14-5-4-6-15(11-14)19(23)24-3)12-20(2)18(22)17(13)21-7-9-25-10-8-21/h4-6,11-12H,7-10H2,1-3H3. The van der Waals surface area contributed by atoms with E-state index in [1.807, 2.05) is 25.3 Å². The van der Waals surface area contributed by atoms with Crippen LogP contribution in [0.1, 0.15) is 15.9 Å². The molecule has 0 unspecified atom stereocenters. The molecule has 1 saturated heterocycles. The van der Waals surface area contributed by atoms with E-state index in [4.69, 9.17) is 9.47 Å². The van der Waals surface area contributed by atoms with Gasteiger partial charge in [-0.15, -0.1) is 0 Å². The third kappa shape index (κ3) is 3.30. The van der Waals surface area contributed by atoms with Gasteiger partial charge in [0.05, 0.1) is 25.9 Å². The number of ether oxygens (including phenoxy) is 2. The maximum Gasteiger partial charge on any atom is 0.337 e. The van der Waals surface area contributed by atoms with Gasteiger partial charge in [-0.3, -0.25) is 4.79 Å². The predicted molar refractivity (Wildman–Crippen MR) is 96.2 cm³/mol. The van der Waals surface area contributed by atoms with Gasteiger partial charge in [0.1, 0.15) is 5.69 Å². The van der Waals surface area contributed by atoms with Crippen LogP contribution in [0.2, 0.25) is 0 Å². The van der Waals surface area contributed by atoms with Gasteiger partial charge in [-0.25, -0.2) is 4.79 Å². The number of anilines is 1. The molecule has 2 aromatic rings. The number of esters is 1. The smallest absolute Gasteiger partial charge is 0.337 e. The monoisotopic (exact) mass is 342 g/mol. The van der Waals surface area contributed by atoms with E-state index in [2.05, 4.69) is 4.90 Å². The highest BCUT2D eigenvalue weighted by Gasteiger charge is 2.20. The van der Waals surface area contributed by atoms with Crippen molar-refractivity contribution in [2.24, 2.45) is 7.05 Å². The van der Waals surface area contributed by atoms with Gasteiger partial charge in [-0.2, -0.15) is 0 Å². The van der Waals surface area contributed by atoms with Crippen molar-refractivity contribution in [2.45, 2.75) is 6.92 Å². The highest BCUT2D eigenvalue weighted by atomic mass is 16.5. The number of benzene rings is 1. The normalized spacial score (nSPS) is 14.4. The van der Waals surface area contributed by atoms with E-state index in [-0.39, 0.29) is 11.5 Å². The first-order chi connectivity index (χ1) is 12.0. The van der Waals surface area contributed by atoms with Crippen LogP contribution in [0.15, 0.2) is 35.3 Å². The Balaban J connectivity index is 2.13. The lowest BCUT2D eigenvalue weighted by molar-refractivity contribution is 0.0601. The first kappa shape index (κ1) is 17.2. The molecule has 0 amide bonds. The van der Waals surface area contributed by atoms with Gasteiger partial charge in [-0.1, -0.05) is 12.1 Å². The number of rotatable bonds is 3. The molecule has 0 bridgehead atoms. The third-order valence-electron chi connectivity index (χ3n) is 4.53. The summed E-state index contributed by atoms with van der Waals surface area (Å²) in [4.78, 5) is 26.6. The topological polar surface area (TPSA) is 60.8 Å². The number of carbonyl (C=O) groups is 1. The number of carbonyl (C=O) groups excluding carboxylic acids is 1. The Kier molecular flexibility index (Phi) is 4.90. The number of methoxy groups -OCH3 is 1. The molecule has 1 fully saturated rings. The lowest BCUT2D eigenvalue weighted by atomic mass is 9.99. The molecule has 0 radical (unpaired) electrons. The van der Waals surface area contributed by atoms with Crippen LogP contribution in [0.25, 0.3) is 11.1 Å². The molecule has 0 N–H and O–H groups in total. The fraction of sp³-hybridized carbons (Fsp3) is 0.368. The quantitative estimate of drug-likeness (QED) is 0.798. The molecule has 1 aliphatic heterocycles. The Morgan fingerprint density at radius 3 is 2.64 bits per heavy atom. The largest absolute Gasteiger partial charge is 0.465 e. The third-order valence-corrected chi connectivity index (χ3v) is 4.53. The molecule has 6 nitrogen and oxygen atoms in total. The van der Waals surface area contributed by atoms with Crippen molar-refractivity contribution in [1.29, 1.82) is 0 Å². The molecule has 1 aromatic heterocycles. The Labute approximate surface area is 146 Å². The van der Waals surface area contributed by atoms with Gasteiger partial charge in [-0.05, 0) is 30.2 Å². The van der Waals surface area contributed by atoms with E-state index in [0.29, 0.717) is 37.6 Å². The highest BCUT2D eigenvalue weighted by Crippen LogP contribution is 2.29. The predicted octanol–water partition coefficient (Wildman–Crippen LogP) is 1.98. The summed E-state index contributed by atoms with van der Waals surface area (Å²) in [5, 5.41) is 0. The number of hydrogen-bond acceptors (Lipinski definition) is 5. The van der Waals surface area contributed by atoms with Crippen LogP contribution in [0, 0.1) is 6.92 Å². The van der Waals surface area contributed by atoms with Crippen LogP contribution < -0.4 is 10.5 Å². The Morgan fingerprint density at radius 2 is 1.96 bits per heavy atom. The molecule has 25 heavy (non-hydrogen) atoms. The van der Waals surface area contributed by atoms with E-state index in [0.717, 1.165) is 16.7 Å². The van der Waals surface area contributed by atoms with E-state index >= 15 is 0 Å². The Hall–Kier alpha value is -2.60. The maximum absolute atomic E-state index is 12.7. The molecule has 6 heteroatoms. The van der Waals surface area contributed by atoms with Gasteiger partial charge in [0.25, 0.3) is 5.56 Å². The number of aryl methyl sites for hydroxylation is 1. The van der Waals surface area contributed by atoms with Crippen LogP contribution in [-0.2, 0) is 16.5 Å². The molecule has 1 aromatic carbocycles. The lowest BCUT2D eigenvalue weighted by Crippen LogP contribution is -2.40. The summed E-state index contributed by atoms with van der Waals surface area (Å²) in [6, 6.07) is 7.26. The van der Waals surface area contributed by atoms with Gasteiger partial charge in [0, 0.05) is 31.9 Å². The maximum atomic E-state index is 12.7. The van der Waals surface area contributed by atoms with Gasteiger partial charge in [0.15, 0.2) is 0 Å². The molecule has 0 aliphatic carbocycles. The zero-order chi connectivity index (χ0) is 18.0. The molecule has 1 aliphatic rings. The fourth-order valence-electron chi connectivity index (χ4n) is 3.19. The molecule has 0 atom stereocenters. The number of nitrogens with zero attached hydrogens (tertiary/aromatic N) is 2. The highest BCUT2D eigenvalue weighted by molar-refractivity contribution is 5.91. The number of pyridine rings is 1. The van der Waals surface area contributed by atoms with Crippen LogP contribution in [0.5, 0.6) is 0 Å². The van der Waals surface area contributed by atoms with Gasteiger partial charge >= 0.3 is 5.97 Å². The second kappa shape index (κ2) is 7.11. The minimum absolute atomic E-state index is 0.0210. The lowest BCUT2D eigenvalue weighted by Gasteiger charge is -2.30. The average Bonchev–Trinajstić information content (AvgIpc) is 2.65. The minimum atomic E-state index is -0.377. The molecular weight excluding hydrogens is 320 g/mol. The SMILES string of the molecule is COC(=O)c1cccc(-c2cn(C)c(=O)c(N3CCOCC3)c2C)c1. The van der Waals surface area contributed by atoms with Crippen molar-refractivity contribution in [3.63, 3.8) is 0 Å². The first-order valence-corrected chi connectivity index (χ1v) is 8.24. The van der Waals surface area contributed by atoms with Crippen molar-refractivity contribution >= 4 is 11.7 Å². The second-order valence-corrected chi connectivity index (χ2v) is 6.10. The van der Waals surface area contributed by atoms with Gasteiger partial charge < -0.3 is 18.9 Å². The summed E-state index contributed by atoms with van der Waals surface area (Å²) in [5.74, 6) is -0.377. The Morgan fingerprint density at radius 1 is 1.24 bits per heavy atom. The summed E-state index contributed by atoms with van der Waals surface area (Å²) in [5.41, 5.74) is 3.88. The summed E-state index contributed by atoms with van der Waals surface area (Å²) in [6.45, 7) is 4.57. The van der Waals surface area contributed by atoms with Crippen LogP contribution in [0.4, 0.5) is 5.69 Å². The van der Waals surface area contributed by atoms with Crippen molar-refractivity contribution in [1.82, 2.24) is 4.57 Å². The number of hydrogen-bond donors (Lipinski definition) is 0. The van der Waals surface area contributed by atoms with E-state index in [1.54, 1.807) is 23.7 Å². The van der Waals surface area contributed by atoms with E-state index in [9.17, 15) is 9.59 Å². The first-order valence-electron chi connectivity index (χ1n) is 8.24. The number of morpholine rings is 1. The molecule has 132 valence electrons. The molecular formula is C19H22N2O4. The van der Waals surface area contributed by atoms with Crippen molar-refractivity contribution in [3.05, 3.63) is 51.9 Å². The average molecular weight is 342 g/mol. The zero-order valence-electron chi connectivity index (χ0n) is 14.7. The molecule has 0 saturated carbocycles. The van der Waals surface area contributed by atoms with Crippen molar-refractivity contribution < 1.29 is 14.3 Å². The van der Waals surface area contributed by atoms with Crippen LogP contribution >= 0.6 is 0 Å². The van der Waals surface area contributed by atoms with Crippen molar-refractivity contribution in [2.75, 3.05) is 38.3 Å². The summed E-state index contributed by atoms with van der Waals surface area (Å²) < 4.78 is 11.8. The number of aromatic nitrogens is 1. The summed E-state index contributed by atoms with van der Waals surface area (Å²) in [6.07, 6.45) is 1.82. The Bertz CT molecular complexity index is 851. The summed E-state index contributed by atoms with van der Waals surface area (Å²) in [7, 11) is 3.11. The minimum Gasteiger partial charge on any atom is -0.465 e. The zero-order valence-corrected chi connectivity index (χ0v) is 14.7.